The number of piperidine rings is 1. The van der Waals surface area contributed by atoms with Crippen molar-refractivity contribution in [1.82, 2.24) is 4.90 Å². The maximum absolute atomic E-state index is 12.6. The first kappa shape index (κ1) is 18.9. The number of rotatable bonds is 7. The number of nitrogens with two attached hydrogens (primary N) is 1. The van der Waals surface area contributed by atoms with Crippen LogP contribution < -0.4 is 5.73 Å². The Balaban J connectivity index is 1.97. The van der Waals surface area contributed by atoms with Gasteiger partial charge < -0.3 is 15.4 Å². The molecular weight excluding hydrogens is 300 g/mol. The summed E-state index contributed by atoms with van der Waals surface area (Å²) in [6, 6.07) is 10.5. The minimum atomic E-state index is 0.00933. The Hall–Kier alpha value is -1.39. The minimum absolute atomic E-state index is 0.00933. The van der Waals surface area contributed by atoms with Crippen LogP contribution in [0.4, 0.5) is 0 Å². The maximum Gasteiger partial charge on any atom is 0.225 e. The first-order chi connectivity index (χ1) is 11.5. The molecule has 134 valence electrons. The fourth-order valence-electron chi connectivity index (χ4n) is 3.59. The zero-order valence-corrected chi connectivity index (χ0v) is 15.3. The summed E-state index contributed by atoms with van der Waals surface area (Å²) in [7, 11) is 0. The monoisotopic (exact) mass is 332 g/mol. The number of carbonyl (C=O) groups is 1. The normalized spacial score (nSPS) is 18.6. The van der Waals surface area contributed by atoms with Crippen molar-refractivity contribution in [2.75, 3.05) is 26.2 Å². The molecular formula is C20H32N2O2. The first-order valence-corrected chi connectivity index (χ1v) is 9.17. The van der Waals surface area contributed by atoms with Crippen molar-refractivity contribution < 1.29 is 9.53 Å². The Morgan fingerprint density at radius 2 is 1.88 bits per heavy atom. The highest BCUT2D eigenvalue weighted by molar-refractivity contribution is 5.77. The number of ether oxygens (including phenoxy) is 1. The molecule has 1 aliphatic heterocycles. The van der Waals surface area contributed by atoms with Gasteiger partial charge in [-0.2, -0.15) is 0 Å². The molecule has 1 aliphatic rings. The highest BCUT2D eigenvalue weighted by atomic mass is 16.5. The van der Waals surface area contributed by atoms with Gasteiger partial charge in [-0.1, -0.05) is 44.2 Å². The molecule has 1 saturated heterocycles. The molecule has 1 aromatic carbocycles. The molecule has 0 saturated carbocycles. The summed E-state index contributed by atoms with van der Waals surface area (Å²) in [6.07, 6.45) is 2.35. The van der Waals surface area contributed by atoms with E-state index < -0.39 is 0 Å². The molecule has 0 aliphatic carbocycles. The van der Waals surface area contributed by atoms with E-state index in [1.165, 1.54) is 5.56 Å². The summed E-state index contributed by atoms with van der Waals surface area (Å²) in [4.78, 5) is 14.6. The Kier molecular flexibility index (Phi) is 6.81. The lowest BCUT2D eigenvalue weighted by atomic mass is 9.73. The third-order valence-electron chi connectivity index (χ3n) is 5.35. The smallest absolute Gasteiger partial charge is 0.225 e. The Morgan fingerprint density at radius 3 is 2.38 bits per heavy atom. The highest BCUT2D eigenvalue weighted by Crippen LogP contribution is 2.34. The molecule has 0 spiro atoms. The lowest BCUT2D eigenvalue weighted by Gasteiger charge is -2.42. The molecule has 2 rings (SSSR count). The Bertz CT molecular complexity index is 508. The molecule has 24 heavy (non-hydrogen) atoms. The van der Waals surface area contributed by atoms with Crippen LogP contribution >= 0.6 is 0 Å². The quantitative estimate of drug-likeness (QED) is 0.835. The van der Waals surface area contributed by atoms with Crippen molar-refractivity contribution in [2.45, 2.75) is 51.6 Å². The van der Waals surface area contributed by atoms with Crippen LogP contribution in [0, 0.1) is 5.92 Å². The predicted molar refractivity (Wildman–Crippen MR) is 97.9 cm³/mol. The molecule has 0 bridgehead atoms. The van der Waals surface area contributed by atoms with Gasteiger partial charge >= 0.3 is 0 Å². The van der Waals surface area contributed by atoms with Crippen molar-refractivity contribution in [3.63, 3.8) is 0 Å². The van der Waals surface area contributed by atoms with E-state index in [0.717, 1.165) is 25.9 Å². The molecule has 1 amide bonds. The van der Waals surface area contributed by atoms with Gasteiger partial charge in [0, 0.05) is 31.7 Å². The van der Waals surface area contributed by atoms with Gasteiger partial charge in [0.1, 0.15) is 0 Å². The number of hydrogen-bond donors (Lipinski definition) is 1. The van der Waals surface area contributed by atoms with Crippen LogP contribution in [0.3, 0.4) is 0 Å². The second-order valence-corrected chi connectivity index (χ2v) is 7.17. The van der Waals surface area contributed by atoms with Gasteiger partial charge in [-0.05, 0) is 31.2 Å². The van der Waals surface area contributed by atoms with Crippen LogP contribution in [0.25, 0.3) is 0 Å². The molecule has 1 unspecified atom stereocenters. The second-order valence-electron chi connectivity index (χ2n) is 7.17. The van der Waals surface area contributed by atoms with E-state index in [0.29, 0.717) is 25.5 Å². The molecule has 2 N–H and O–H groups in total. The van der Waals surface area contributed by atoms with Crippen LogP contribution in [0.5, 0.6) is 0 Å². The number of nitrogens with zero attached hydrogens (tertiary/aromatic N) is 1. The summed E-state index contributed by atoms with van der Waals surface area (Å²) in [5.74, 6) is 0.562. The van der Waals surface area contributed by atoms with Crippen LogP contribution in [0.1, 0.15) is 45.6 Å². The lowest BCUT2D eigenvalue weighted by Crippen LogP contribution is -2.49. The molecule has 4 heteroatoms. The van der Waals surface area contributed by atoms with Crippen molar-refractivity contribution >= 4 is 5.91 Å². The van der Waals surface area contributed by atoms with Crippen molar-refractivity contribution in [3.05, 3.63) is 35.9 Å². The van der Waals surface area contributed by atoms with Crippen molar-refractivity contribution in [2.24, 2.45) is 11.7 Å². The van der Waals surface area contributed by atoms with Crippen molar-refractivity contribution in [3.8, 4) is 0 Å². The van der Waals surface area contributed by atoms with Gasteiger partial charge in [0.15, 0.2) is 0 Å². The van der Waals surface area contributed by atoms with E-state index in [1.54, 1.807) is 0 Å². The topological polar surface area (TPSA) is 55.6 Å². The number of amides is 1. The zero-order chi connectivity index (χ0) is 17.6. The fraction of sp³-hybridized carbons (Fsp3) is 0.650. The lowest BCUT2D eigenvalue weighted by molar-refractivity contribution is -0.136. The van der Waals surface area contributed by atoms with Gasteiger partial charge in [-0.15, -0.1) is 0 Å². The van der Waals surface area contributed by atoms with Gasteiger partial charge in [0.05, 0.1) is 12.5 Å². The van der Waals surface area contributed by atoms with Crippen LogP contribution in [0.2, 0.25) is 0 Å². The van der Waals surface area contributed by atoms with Gasteiger partial charge in [0.25, 0.3) is 0 Å². The highest BCUT2D eigenvalue weighted by Gasteiger charge is 2.36. The first-order valence-electron chi connectivity index (χ1n) is 9.17. The third kappa shape index (κ3) is 4.37. The molecule has 0 aromatic heterocycles. The number of benzene rings is 1. The van der Waals surface area contributed by atoms with Crippen LogP contribution in [0.15, 0.2) is 30.3 Å². The standard InChI is InChI=1S/C20H32N2O2/c1-4-24-18(16(2)3)14-19(23)22-12-10-20(15-21,11-13-22)17-8-6-5-7-9-17/h5-9,16,18H,4,10-15,21H2,1-3H3. The van der Waals surface area contributed by atoms with E-state index in [9.17, 15) is 4.79 Å². The third-order valence-corrected chi connectivity index (χ3v) is 5.35. The van der Waals surface area contributed by atoms with E-state index >= 15 is 0 Å². The summed E-state index contributed by atoms with van der Waals surface area (Å²) >= 11 is 0. The Labute approximate surface area is 146 Å². The molecule has 1 heterocycles. The summed E-state index contributed by atoms with van der Waals surface area (Å²) in [5, 5.41) is 0. The van der Waals surface area contributed by atoms with Gasteiger partial charge in [0.2, 0.25) is 5.91 Å². The van der Waals surface area contributed by atoms with Crippen molar-refractivity contribution in [1.29, 1.82) is 0 Å². The summed E-state index contributed by atoms with van der Waals surface area (Å²) < 4.78 is 5.73. The van der Waals surface area contributed by atoms with E-state index in [1.807, 2.05) is 17.9 Å². The SMILES string of the molecule is CCOC(CC(=O)N1CCC(CN)(c2ccccc2)CC1)C(C)C. The number of likely N-dealkylation sites (tertiary alicyclic amines) is 1. The van der Waals surface area contributed by atoms with E-state index in [2.05, 4.69) is 38.1 Å². The zero-order valence-electron chi connectivity index (χ0n) is 15.3. The molecule has 1 aromatic rings. The van der Waals surface area contributed by atoms with Gasteiger partial charge in [-0.3, -0.25) is 4.79 Å². The average molecular weight is 332 g/mol. The van der Waals surface area contributed by atoms with E-state index in [4.69, 9.17) is 10.5 Å². The number of hydrogen-bond acceptors (Lipinski definition) is 3. The largest absolute Gasteiger partial charge is 0.378 e. The Morgan fingerprint density at radius 1 is 1.25 bits per heavy atom. The van der Waals surface area contributed by atoms with Gasteiger partial charge in [-0.25, -0.2) is 0 Å². The second kappa shape index (κ2) is 8.63. The number of carbonyl (C=O) groups excluding carboxylic acids is 1. The molecule has 1 atom stereocenters. The predicted octanol–water partition coefficient (Wildman–Crippen LogP) is 2.96. The molecule has 1 fully saturated rings. The minimum Gasteiger partial charge on any atom is -0.378 e. The fourth-order valence-corrected chi connectivity index (χ4v) is 3.59. The van der Waals surface area contributed by atoms with Crippen LogP contribution in [-0.4, -0.2) is 43.2 Å². The summed E-state index contributed by atoms with van der Waals surface area (Å²) in [5.41, 5.74) is 7.44. The average Bonchev–Trinajstić information content (AvgIpc) is 2.62. The molecule has 4 nitrogen and oxygen atoms in total. The van der Waals surface area contributed by atoms with E-state index in [-0.39, 0.29) is 17.4 Å². The van der Waals surface area contributed by atoms with Crippen LogP contribution in [-0.2, 0) is 14.9 Å². The maximum atomic E-state index is 12.6. The molecule has 0 radical (unpaired) electrons. The summed E-state index contributed by atoms with van der Waals surface area (Å²) in [6.45, 7) is 9.05.